The van der Waals surface area contributed by atoms with Crippen LogP contribution in [-0.4, -0.2) is 11.6 Å². The number of rotatable bonds is 6. The SMILES string of the molecule is O=C(c1ccccc1)c1ccc(Oc2cc(Cl)c(C(=O)c3ccc(F)cc3)cc2Cl)cc1. The van der Waals surface area contributed by atoms with Gasteiger partial charge in [0.25, 0.3) is 0 Å². The Morgan fingerprint density at radius 1 is 0.656 bits per heavy atom. The largest absolute Gasteiger partial charge is 0.456 e. The molecule has 0 spiro atoms. The van der Waals surface area contributed by atoms with Gasteiger partial charge in [-0.05, 0) is 54.6 Å². The lowest BCUT2D eigenvalue weighted by Gasteiger charge is -2.11. The molecular weight excluding hydrogens is 450 g/mol. The molecule has 0 radical (unpaired) electrons. The fraction of sp³-hybridized carbons (Fsp3) is 0. The van der Waals surface area contributed by atoms with Crippen LogP contribution in [0.15, 0.2) is 91.0 Å². The monoisotopic (exact) mass is 464 g/mol. The van der Waals surface area contributed by atoms with E-state index >= 15 is 0 Å². The highest BCUT2D eigenvalue weighted by Crippen LogP contribution is 2.35. The van der Waals surface area contributed by atoms with Crippen LogP contribution in [0.1, 0.15) is 31.8 Å². The van der Waals surface area contributed by atoms with Crippen molar-refractivity contribution in [3.63, 3.8) is 0 Å². The van der Waals surface area contributed by atoms with E-state index in [9.17, 15) is 14.0 Å². The molecule has 0 aliphatic heterocycles. The smallest absolute Gasteiger partial charge is 0.194 e. The Hall–Kier alpha value is -3.47. The average molecular weight is 465 g/mol. The van der Waals surface area contributed by atoms with Crippen LogP contribution >= 0.6 is 23.2 Å². The van der Waals surface area contributed by atoms with Crippen LogP contribution in [0.5, 0.6) is 11.5 Å². The van der Waals surface area contributed by atoms with Gasteiger partial charge in [0.2, 0.25) is 0 Å². The van der Waals surface area contributed by atoms with Gasteiger partial charge >= 0.3 is 0 Å². The Kier molecular flexibility index (Phi) is 6.35. The first-order valence-electron chi connectivity index (χ1n) is 9.59. The van der Waals surface area contributed by atoms with Crippen molar-refractivity contribution in [3.8, 4) is 11.5 Å². The number of hydrogen-bond acceptors (Lipinski definition) is 3. The number of halogens is 3. The van der Waals surface area contributed by atoms with Crippen LogP contribution in [0, 0.1) is 5.82 Å². The zero-order valence-corrected chi connectivity index (χ0v) is 18.0. The third-order valence-corrected chi connectivity index (χ3v) is 5.36. The maximum Gasteiger partial charge on any atom is 0.194 e. The maximum atomic E-state index is 13.1. The van der Waals surface area contributed by atoms with Crippen LogP contribution in [0.3, 0.4) is 0 Å². The summed E-state index contributed by atoms with van der Waals surface area (Å²) in [4.78, 5) is 25.2. The number of carbonyl (C=O) groups is 2. The number of ketones is 2. The molecule has 0 unspecified atom stereocenters. The average Bonchev–Trinajstić information content (AvgIpc) is 2.82. The van der Waals surface area contributed by atoms with Crippen LogP contribution in [0.2, 0.25) is 10.0 Å². The molecule has 6 heteroatoms. The van der Waals surface area contributed by atoms with E-state index in [1.54, 1.807) is 48.5 Å². The molecule has 0 heterocycles. The molecule has 0 amide bonds. The molecule has 0 aliphatic rings. The van der Waals surface area contributed by atoms with Crippen LogP contribution < -0.4 is 4.74 Å². The summed E-state index contributed by atoms with van der Waals surface area (Å²) in [5.41, 5.74) is 1.58. The number of benzene rings is 4. The minimum atomic E-state index is -0.439. The van der Waals surface area contributed by atoms with Crippen molar-refractivity contribution >= 4 is 34.8 Å². The molecule has 4 aromatic carbocycles. The third-order valence-electron chi connectivity index (χ3n) is 4.75. The van der Waals surface area contributed by atoms with Crippen molar-refractivity contribution in [3.05, 3.63) is 129 Å². The van der Waals surface area contributed by atoms with Gasteiger partial charge in [-0.25, -0.2) is 4.39 Å². The van der Waals surface area contributed by atoms with Gasteiger partial charge in [0.15, 0.2) is 11.6 Å². The van der Waals surface area contributed by atoms with Gasteiger partial charge in [0.1, 0.15) is 17.3 Å². The van der Waals surface area contributed by atoms with E-state index in [0.29, 0.717) is 16.9 Å². The van der Waals surface area contributed by atoms with Gasteiger partial charge in [0, 0.05) is 28.3 Å². The van der Waals surface area contributed by atoms with Crippen molar-refractivity contribution in [1.29, 1.82) is 0 Å². The van der Waals surface area contributed by atoms with Crippen LogP contribution in [0.25, 0.3) is 0 Å². The number of hydrogen-bond donors (Lipinski definition) is 0. The Balaban J connectivity index is 1.53. The van der Waals surface area contributed by atoms with E-state index in [-0.39, 0.29) is 38.5 Å². The van der Waals surface area contributed by atoms with Crippen molar-refractivity contribution in [2.45, 2.75) is 0 Å². The van der Waals surface area contributed by atoms with Crippen LogP contribution in [-0.2, 0) is 0 Å². The Labute approximate surface area is 194 Å². The number of ether oxygens (including phenoxy) is 1. The second-order valence-electron chi connectivity index (χ2n) is 6.92. The normalized spacial score (nSPS) is 10.6. The lowest BCUT2D eigenvalue weighted by atomic mass is 10.0. The molecule has 0 N–H and O–H groups in total. The van der Waals surface area contributed by atoms with E-state index in [2.05, 4.69) is 0 Å². The first-order chi connectivity index (χ1) is 15.4. The highest BCUT2D eigenvalue weighted by molar-refractivity contribution is 6.37. The molecule has 0 aliphatic carbocycles. The third kappa shape index (κ3) is 4.72. The van der Waals surface area contributed by atoms with E-state index in [1.165, 1.54) is 36.4 Å². The molecule has 0 saturated heterocycles. The molecular formula is C26H15Cl2FO3. The zero-order valence-electron chi connectivity index (χ0n) is 16.5. The summed E-state index contributed by atoms with van der Waals surface area (Å²) in [5, 5.41) is 0.332. The molecule has 4 aromatic rings. The Morgan fingerprint density at radius 3 is 1.88 bits per heavy atom. The minimum absolute atomic E-state index is 0.0955. The second kappa shape index (κ2) is 9.35. The summed E-state index contributed by atoms with van der Waals surface area (Å²) in [5.74, 6) is -0.209. The summed E-state index contributed by atoms with van der Waals surface area (Å²) in [6.45, 7) is 0. The predicted octanol–water partition coefficient (Wildman–Crippen LogP) is 7.39. The highest BCUT2D eigenvalue weighted by atomic mass is 35.5. The molecule has 0 aromatic heterocycles. The van der Waals surface area contributed by atoms with E-state index in [4.69, 9.17) is 27.9 Å². The van der Waals surface area contributed by atoms with E-state index in [0.717, 1.165) is 0 Å². The standard InChI is InChI=1S/C26H15Cl2FO3/c27-22-15-24(23(28)14-21(22)26(31)18-6-10-19(29)11-7-18)32-20-12-8-17(9-13-20)25(30)16-4-2-1-3-5-16/h1-15H. The lowest BCUT2D eigenvalue weighted by Crippen LogP contribution is -2.03. The first-order valence-corrected chi connectivity index (χ1v) is 10.3. The number of carbonyl (C=O) groups excluding carboxylic acids is 2. The van der Waals surface area contributed by atoms with Gasteiger partial charge in [-0.3, -0.25) is 9.59 Å². The molecule has 4 rings (SSSR count). The highest BCUT2D eigenvalue weighted by Gasteiger charge is 2.17. The molecule has 158 valence electrons. The van der Waals surface area contributed by atoms with Gasteiger partial charge in [-0.2, -0.15) is 0 Å². The molecule has 0 bridgehead atoms. The van der Waals surface area contributed by atoms with Gasteiger partial charge in [0.05, 0.1) is 10.0 Å². The Bertz CT molecular complexity index is 1290. The van der Waals surface area contributed by atoms with Gasteiger partial charge < -0.3 is 4.74 Å². The van der Waals surface area contributed by atoms with E-state index < -0.39 is 5.82 Å². The molecule has 32 heavy (non-hydrogen) atoms. The van der Waals surface area contributed by atoms with Crippen molar-refractivity contribution in [1.82, 2.24) is 0 Å². The molecule has 0 fully saturated rings. The van der Waals surface area contributed by atoms with Crippen molar-refractivity contribution in [2.75, 3.05) is 0 Å². The molecule has 3 nitrogen and oxygen atoms in total. The summed E-state index contributed by atoms with van der Waals surface area (Å²) in [6, 6.07) is 23.6. The Morgan fingerprint density at radius 2 is 1.22 bits per heavy atom. The van der Waals surface area contributed by atoms with Crippen molar-refractivity contribution < 1.29 is 18.7 Å². The molecule has 0 saturated carbocycles. The quantitative estimate of drug-likeness (QED) is 0.279. The van der Waals surface area contributed by atoms with Gasteiger partial charge in [-0.15, -0.1) is 0 Å². The molecule has 0 atom stereocenters. The fourth-order valence-electron chi connectivity index (χ4n) is 3.10. The summed E-state index contributed by atoms with van der Waals surface area (Å²) in [7, 11) is 0. The van der Waals surface area contributed by atoms with Gasteiger partial charge in [-0.1, -0.05) is 53.5 Å². The second-order valence-corrected chi connectivity index (χ2v) is 7.73. The van der Waals surface area contributed by atoms with Crippen LogP contribution in [0.4, 0.5) is 4.39 Å². The fourth-order valence-corrected chi connectivity index (χ4v) is 3.54. The first kappa shape index (κ1) is 21.8. The van der Waals surface area contributed by atoms with E-state index in [1.807, 2.05) is 6.07 Å². The summed E-state index contributed by atoms with van der Waals surface area (Å²) >= 11 is 12.6. The minimum Gasteiger partial charge on any atom is -0.456 e. The summed E-state index contributed by atoms with van der Waals surface area (Å²) in [6.07, 6.45) is 0. The van der Waals surface area contributed by atoms with Crippen molar-refractivity contribution in [2.24, 2.45) is 0 Å². The summed E-state index contributed by atoms with van der Waals surface area (Å²) < 4.78 is 18.9. The maximum absolute atomic E-state index is 13.1. The topological polar surface area (TPSA) is 43.4 Å². The lowest BCUT2D eigenvalue weighted by molar-refractivity contribution is 0.103. The predicted molar refractivity (Wildman–Crippen MR) is 123 cm³/mol. The zero-order chi connectivity index (χ0) is 22.7.